The number of nitrogens with zero attached hydrogens (tertiary/aromatic N) is 1. The number of rotatable bonds is 5. The lowest BCUT2D eigenvalue weighted by atomic mass is 10.1. The van der Waals surface area contributed by atoms with Gasteiger partial charge < -0.3 is 10.6 Å². The summed E-state index contributed by atoms with van der Waals surface area (Å²) in [4.78, 5) is 2.18. The Balaban J connectivity index is 2.26. The molecule has 2 rings (SSSR count). The molecule has 0 atom stereocenters. The van der Waals surface area contributed by atoms with Gasteiger partial charge in [0.1, 0.15) is 0 Å². The van der Waals surface area contributed by atoms with Crippen molar-refractivity contribution >= 4 is 33.2 Å². The molecule has 2 aromatic rings. The monoisotopic (exact) mass is 352 g/mol. The van der Waals surface area contributed by atoms with E-state index in [0.29, 0.717) is 6.54 Å². The van der Waals surface area contributed by atoms with E-state index in [0.717, 1.165) is 28.1 Å². The largest absolute Gasteiger partial charge is 0.369 e. The van der Waals surface area contributed by atoms with E-state index < -0.39 is 0 Å². The lowest BCUT2D eigenvalue weighted by Gasteiger charge is -2.24. The molecule has 0 bridgehead atoms. The number of hydrogen-bond donors (Lipinski definition) is 1. The molecule has 0 saturated heterocycles. The summed E-state index contributed by atoms with van der Waals surface area (Å²) in [6.45, 7) is 1.43. The number of halogens is 2. The number of benzene rings is 2. The molecule has 0 aliphatic heterocycles. The first-order chi connectivity index (χ1) is 9.61. The number of hydrogen-bond acceptors (Lipinski definition) is 2. The molecule has 2 aromatic carbocycles. The molecule has 0 amide bonds. The summed E-state index contributed by atoms with van der Waals surface area (Å²) in [6.07, 6.45) is 0.832. The predicted octanol–water partition coefficient (Wildman–Crippen LogP) is 4.24. The van der Waals surface area contributed by atoms with Crippen LogP contribution >= 0.6 is 27.5 Å². The summed E-state index contributed by atoms with van der Waals surface area (Å²) in [5.74, 6) is 0. The van der Waals surface area contributed by atoms with Gasteiger partial charge in [0.15, 0.2) is 0 Å². The highest BCUT2D eigenvalue weighted by atomic mass is 79.9. The lowest BCUT2D eigenvalue weighted by molar-refractivity contribution is 0.892. The first-order valence-electron chi connectivity index (χ1n) is 6.55. The fraction of sp³-hybridized carbons (Fsp3) is 0.250. The van der Waals surface area contributed by atoms with Crippen molar-refractivity contribution in [3.05, 3.63) is 63.1 Å². The Morgan fingerprint density at radius 1 is 1.20 bits per heavy atom. The van der Waals surface area contributed by atoms with Crippen molar-refractivity contribution in [3.8, 4) is 0 Å². The smallest absolute Gasteiger partial charge is 0.0642 e. The van der Waals surface area contributed by atoms with E-state index in [1.165, 1.54) is 11.1 Å². The number of anilines is 1. The van der Waals surface area contributed by atoms with Crippen molar-refractivity contribution in [2.45, 2.75) is 13.0 Å². The van der Waals surface area contributed by atoms with E-state index in [1.807, 2.05) is 24.3 Å². The molecule has 0 radical (unpaired) electrons. The highest BCUT2D eigenvalue weighted by Gasteiger charge is 2.11. The third kappa shape index (κ3) is 3.75. The minimum Gasteiger partial charge on any atom is -0.369 e. The van der Waals surface area contributed by atoms with Crippen LogP contribution in [0.25, 0.3) is 0 Å². The molecule has 0 aromatic heterocycles. The van der Waals surface area contributed by atoms with E-state index in [1.54, 1.807) is 0 Å². The molecule has 106 valence electrons. The second-order valence-corrected chi connectivity index (χ2v) is 6.10. The minimum absolute atomic E-state index is 0.623. The van der Waals surface area contributed by atoms with E-state index in [4.69, 9.17) is 17.3 Å². The molecule has 0 aliphatic carbocycles. The normalized spacial score (nSPS) is 10.6. The molecular formula is C16H18BrClN2. The molecule has 20 heavy (non-hydrogen) atoms. The molecule has 4 heteroatoms. The Morgan fingerprint density at radius 3 is 2.65 bits per heavy atom. The lowest BCUT2D eigenvalue weighted by Crippen LogP contribution is -2.19. The molecular weight excluding hydrogens is 336 g/mol. The van der Waals surface area contributed by atoms with Crippen LogP contribution in [0.3, 0.4) is 0 Å². The van der Waals surface area contributed by atoms with Gasteiger partial charge in [0, 0.05) is 18.1 Å². The quantitative estimate of drug-likeness (QED) is 0.871. The zero-order valence-corrected chi connectivity index (χ0v) is 13.8. The topological polar surface area (TPSA) is 29.3 Å². The van der Waals surface area contributed by atoms with Crippen LogP contribution in [-0.2, 0) is 13.0 Å². The standard InChI is InChI=1S/C16H18BrClN2/c1-20(11-12-4-2-6-14(17)10-12)16-13(8-9-19)5-3-7-15(16)18/h2-7,10H,8-9,11,19H2,1H3. The Hall–Kier alpha value is -1.03. The second kappa shape index (κ2) is 7.11. The van der Waals surface area contributed by atoms with Crippen molar-refractivity contribution in [1.82, 2.24) is 0 Å². The maximum Gasteiger partial charge on any atom is 0.0642 e. The van der Waals surface area contributed by atoms with Crippen LogP contribution in [0.5, 0.6) is 0 Å². The Kier molecular flexibility index (Phi) is 5.46. The molecule has 0 heterocycles. The maximum atomic E-state index is 6.37. The predicted molar refractivity (Wildman–Crippen MR) is 90.5 cm³/mol. The van der Waals surface area contributed by atoms with E-state index in [-0.39, 0.29) is 0 Å². The van der Waals surface area contributed by atoms with E-state index in [2.05, 4.69) is 46.1 Å². The van der Waals surface area contributed by atoms with Crippen LogP contribution in [-0.4, -0.2) is 13.6 Å². The van der Waals surface area contributed by atoms with Crippen LogP contribution in [0.2, 0.25) is 5.02 Å². The molecule has 2 nitrogen and oxygen atoms in total. The summed E-state index contributed by atoms with van der Waals surface area (Å²) < 4.78 is 1.09. The Morgan fingerprint density at radius 2 is 1.95 bits per heavy atom. The van der Waals surface area contributed by atoms with Gasteiger partial charge in [-0.2, -0.15) is 0 Å². The van der Waals surface area contributed by atoms with E-state index in [9.17, 15) is 0 Å². The first kappa shape index (κ1) is 15.4. The van der Waals surface area contributed by atoms with Gasteiger partial charge in [-0.3, -0.25) is 0 Å². The minimum atomic E-state index is 0.623. The van der Waals surface area contributed by atoms with Crippen molar-refractivity contribution in [2.24, 2.45) is 5.73 Å². The van der Waals surface area contributed by atoms with Crippen molar-refractivity contribution in [2.75, 3.05) is 18.5 Å². The third-order valence-electron chi connectivity index (χ3n) is 3.17. The SMILES string of the molecule is CN(Cc1cccc(Br)c1)c1c(Cl)cccc1CCN. The second-order valence-electron chi connectivity index (χ2n) is 4.77. The third-order valence-corrected chi connectivity index (χ3v) is 3.97. The fourth-order valence-electron chi connectivity index (χ4n) is 2.33. The summed E-state index contributed by atoms with van der Waals surface area (Å²) in [7, 11) is 2.06. The van der Waals surface area contributed by atoms with Crippen LogP contribution in [0.15, 0.2) is 46.9 Å². The van der Waals surface area contributed by atoms with Crippen LogP contribution in [0, 0.1) is 0 Å². The van der Waals surface area contributed by atoms with Crippen LogP contribution < -0.4 is 10.6 Å². The summed E-state index contributed by atoms with van der Waals surface area (Å²) in [5.41, 5.74) is 9.18. The Bertz CT molecular complexity index is 586. The number of nitrogens with two attached hydrogens (primary N) is 1. The first-order valence-corrected chi connectivity index (χ1v) is 7.72. The van der Waals surface area contributed by atoms with Gasteiger partial charge in [0.05, 0.1) is 10.7 Å². The average Bonchev–Trinajstić information content (AvgIpc) is 2.39. The van der Waals surface area contributed by atoms with Gasteiger partial charge in [-0.1, -0.05) is 51.8 Å². The van der Waals surface area contributed by atoms with E-state index >= 15 is 0 Å². The van der Waals surface area contributed by atoms with Gasteiger partial charge in [-0.05, 0) is 42.3 Å². The summed E-state index contributed by atoms with van der Waals surface area (Å²) in [5, 5.41) is 0.772. The maximum absolute atomic E-state index is 6.37. The van der Waals surface area contributed by atoms with Crippen molar-refractivity contribution in [3.63, 3.8) is 0 Å². The van der Waals surface area contributed by atoms with Crippen molar-refractivity contribution < 1.29 is 0 Å². The molecule has 0 fully saturated rings. The highest BCUT2D eigenvalue weighted by molar-refractivity contribution is 9.10. The van der Waals surface area contributed by atoms with Crippen LogP contribution in [0.1, 0.15) is 11.1 Å². The zero-order chi connectivity index (χ0) is 14.5. The van der Waals surface area contributed by atoms with Gasteiger partial charge in [0.2, 0.25) is 0 Å². The zero-order valence-electron chi connectivity index (χ0n) is 11.4. The number of para-hydroxylation sites is 1. The molecule has 0 spiro atoms. The molecule has 0 unspecified atom stereocenters. The van der Waals surface area contributed by atoms with Gasteiger partial charge in [-0.15, -0.1) is 0 Å². The molecule has 0 aliphatic rings. The highest BCUT2D eigenvalue weighted by Crippen LogP contribution is 2.30. The average molecular weight is 354 g/mol. The summed E-state index contributed by atoms with van der Waals surface area (Å²) in [6, 6.07) is 14.3. The van der Waals surface area contributed by atoms with Crippen molar-refractivity contribution in [1.29, 1.82) is 0 Å². The van der Waals surface area contributed by atoms with Gasteiger partial charge in [0.25, 0.3) is 0 Å². The van der Waals surface area contributed by atoms with Gasteiger partial charge in [-0.25, -0.2) is 0 Å². The molecule has 2 N–H and O–H groups in total. The fourth-order valence-corrected chi connectivity index (χ4v) is 3.12. The van der Waals surface area contributed by atoms with Gasteiger partial charge >= 0.3 is 0 Å². The van der Waals surface area contributed by atoms with Crippen LogP contribution in [0.4, 0.5) is 5.69 Å². The molecule has 0 saturated carbocycles. The summed E-state index contributed by atoms with van der Waals surface area (Å²) >= 11 is 9.87. The Labute approximate surface area is 133 Å².